The van der Waals surface area contributed by atoms with Gasteiger partial charge in [-0.3, -0.25) is 0 Å². The number of hydrogen-bond acceptors (Lipinski definition) is 4. The predicted octanol–water partition coefficient (Wildman–Crippen LogP) is 3.42. The zero-order valence-electron chi connectivity index (χ0n) is 12.1. The van der Waals surface area contributed by atoms with Crippen LogP contribution in [0.25, 0.3) is 0 Å². The van der Waals surface area contributed by atoms with Gasteiger partial charge in [-0.15, -0.1) is 0 Å². The fraction of sp³-hybridized carbons (Fsp3) is 0.867. The maximum absolute atomic E-state index is 5.62. The molecule has 1 atom stereocenters. The van der Waals surface area contributed by atoms with Crippen LogP contribution < -0.4 is 5.73 Å². The third-order valence-corrected chi connectivity index (χ3v) is 4.37. The van der Waals surface area contributed by atoms with Gasteiger partial charge in [-0.25, -0.2) is 0 Å². The molecule has 1 saturated carbocycles. The number of rotatable bonds is 7. The molecule has 0 bridgehead atoms. The van der Waals surface area contributed by atoms with Crippen molar-refractivity contribution in [1.82, 2.24) is 10.1 Å². The van der Waals surface area contributed by atoms with Gasteiger partial charge in [0.15, 0.2) is 5.82 Å². The van der Waals surface area contributed by atoms with Gasteiger partial charge in [-0.1, -0.05) is 37.8 Å². The highest BCUT2D eigenvalue weighted by Gasteiger charge is 2.21. The summed E-state index contributed by atoms with van der Waals surface area (Å²) < 4.78 is 5.40. The molecule has 0 amide bonds. The Hall–Kier alpha value is -0.900. The van der Waals surface area contributed by atoms with Gasteiger partial charge >= 0.3 is 0 Å². The first-order chi connectivity index (χ1) is 9.33. The Balaban J connectivity index is 1.82. The van der Waals surface area contributed by atoms with Crippen molar-refractivity contribution in [3.8, 4) is 0 Å². The van der Waals surface area contributed by atoms with Gasteiger partial charge in [0.05, 0.1) is 0 Å². The van der Waals surface area contributed by atoms with Crippen LogP contribution in [-0.4, -0.2) is 16.7 Å². The molecule has 1 unspecified atom stereocenters. The van der Waals surface area contributed by atoms with Crippen LogP contribution in [0.1, 0.15) is 75.9 Å². The smallest absolute Gasteiger partial charge is 0.226 e. The highest BCUT2D eigenvalue weighted by atomic mass is 16.5. The number of nitrogens with two attached hydrogens (primary N) is 1. The molecule has 0 aliphatic heterocycles. The first-order valence-electron chi connectivity index (χ1n) is 7.86. The molecule has 4 nitrogen and oxygen atoms in total. The van der Waals surface area contributed by atoms with Crippen LogP contribution in [0.15, 0.2) is 4.52 Å². The van der Waals surface area contributed by atoms with Crippen molar-refractivity contribution in [2.45, 2.75) is 70.6 Å². The lowest BCUT2D eigenvalue weighted by Crippen LogP contribution is -2.09. The average molecular weight is 265 g/mol. The van der Waals surface area contributed by atoms with Gasteiger partial charge in [-0.05, 0) is 38.1 Å². The molecule has 0 saturated heterocycles. The van der Waals surface area contributed by atoms with E-state index in [1.165, 1.54) is 38.5 Å². The van der Waals surface area contributed by atoms with E-state index in [1.54, 1.807) is 0 Å². The second kappa shape index (κ2) is 7.63. The predicted molar refractivity (Wildman–Crippen MR) is 75.9 cm³/mol. The van der Waals surface area contributed by atoms with Gasteiger partial charge in [0, 0.05) is 12.3 Å². The monoisotopic (exact) mass is 265 g/mol. The largest absolute Gasteiger partial charge is 0.339 e. The van der Waals surface area contributed by atoms with E-state index in [4.69, 9.17) is 10.3 Å². The SMILES string of the molecule is CCC(CCN)CCc1nc(C2CCCCC2)no1. The first kappa shape index (κ1) is 14.5. The average Bonchev–Trinajstić information content (AvgIpc) is 2.93. The summed E-state index contributed by atoms with van der Waals surface area (Å²) in [6, 6.07) is 0. The highest BCUT2D eigenvalue weighted by Crippen LogP contribution is 2.30. The van der Waals surface area contributed by atoms with E-state index in [0.29, 0.717) is 11.8 Å². The fourth-order valence-electron chi connectivity index (χ4n) is 3.01. The Morgan fingerprint density at radius 1 is 1.26 bits per heavy atom. The Morgan fingerprint density at radius 2 is 2.05 bits per heavy atom. The number of hydrogen-bond donors (Lipinski definition) is 1. The minimum absolute atomic E-state index is 0.539. The number of aromatic nitrogens is 2. The van der Waals surface area contributed by atoms with Gasteiger partial charge in [0.25, 0.3) is 0 Å². The summed E-state index contributed by atoms with van der Waals surface area (Å²) >= 11 is 0. The van der Waals surface area contributed by atoms with Crippen LogP contribution >= 0.6 is 0 Å². The van der Waals surface area contributed by atoms with Crippen molar-refractivity contribution < 1.29 is 4.52 Å². The lowest BCUT2D eigenvalue weighted by molar-refractivity contribution is 0.342. The molecule has 0 aromatic carbocycles. The van der Waals surface area contributed by atoms with Crippen LogP contribution in [0.5, 0.6) is 0 Å². The lowest BCUT2D eigenvalue weighted by Gasteiger charge is -2.17. The van der Waals surface area contributed by atoms with Crippen LogP contribution in [0.4, 0.5) is 0 Å². The van der Waals surface area contributed by atoms with Gasteiger partial charge in [0.2, 0.25) is 5.89 Å². The maximum Gasteiger partial charge on any atom is 0.226 e. The van der Waals surface area contributed by atoms with Crippen molar-refractivity contribution in [3.05, 3.63) is 11.7 Å². The topological polar surface area (TPSA) is 64.9 Å². The van der Waals surface area contributed by atoms with E-state index in [-0.39, 0.29) is 0 Å². The van der Waals surface area contributed by atoms with E-state index >= 15 is 0 Å². The Kier molecular flexibility index (Phi) is 5.83. The fourth-order valence-corrected chi connectivity index (χ4v) is 3.01. The van der Waals surface area contributed by atoms with Crippen LogP contribution in [-0.2, 0) is 6.42 Å². The molecule has 0 spiro atoms. The van der Waals surface area contributed by atoms with Crippen molar-refractivity contribution in [2.75, 3.05) is 6.54 Å². The Morgan fingerprint density at radius 3 is 2.74 bits per heavy atom. The van der Waals surface area contributed by atoms with Gasteiger partial charge in [-0.2, -0.15) is 4.98 Å². The Bertz CT molecular complexity index is 358. The molecule has 1 aromatic heterocycles. The second-order valence-corrected chi connectivity index (χ2v) is 5.77. The molecular weight excluding hydrogens is 238 g/mol. The summed E-state index contributed by atoms with van der Waals surface area (Å²) in [7, 11) is 0. The summed E-state index contributed by atoms with van der Waals surface area (Å²) in [6.07, 6.45) is 10.7. The van der Waals surface area contributed by atoms with Crippen LogP contribution in [0.3, 0.4) is 0 Å². The van der Waals surface area contributed by atoms with Crippen molar-refractivity contribution in [1.29, 1.82) is 0 Å². The number of nitrogens with zero attached hydrogens (tertiary/aromatic N) is 2. The van der Waals surface area contributed by atoms with E-state index in [0.717, 1.165) is 37.5 Å². The molecule has 0 radical (unpaired) electrons. The summed E-state index contributed by atoms with van der Waals surface area (Å²) in [6.45, 7) is 3.00. The minimum atomic E-state index is 0.539. The molecular formula is C15H27N3O. The third-order valence-electron chi connectivity index (χ3n) is 4.37. The molecule has 2 N–H and O–H groups in total. The summed E-state index contributed by atoms with van der Waals surface area (Å²) in [5.74, 6) is 2.99. The first-order valence-corrected chi connectivity index (χ1v) is 7.86. The van der Waals surface area contributed by atoms with E-state index in [9.17, 15) is 0 Å². The minimum Gasteiger partial charge on any atom is -0.339 e. The van der Waals surface area contributed by atoms with Gasteiger partial charge < -0.3 is 10.3 Å². The van der Waals surface area contributed by atoms with Crippen LogP contribution in [0, 0.1) is 5.92 Å². The Labute approximate surface area is 116 Å². The lowest BCUT2D eigenvalue weighted by atomic mass is 9.89. The molecule has 19 heavy (non-hydrogen) atoms. The standard InChI is InChI=1S/C15H27N3O/c1-2-12(10-11-16)8-9-14-17-15(18-19-14)13-6-4-3-5-7-13/h12-13H,2-11,16H2,1H3. The molecule has 108 valence electrons. The van der Waals surface area contributed by atoms with E-state index in [1.807, 2.05) is 0 Å². The molecule has 1 aliphatic carbocycles. The second-order valence-electron chi connectivity index (χ2n) is 5.77. The summed E-state index contributed by atoms with van der Waals surface area (Å²) in [5, 5.41) is 4.18. The zero-order valence-corrected chi connectivity index (χ0v) is 12.1. The molecule has 1 heterocycles. The molecule has 4 heteroatoms. The van der Waals surface area contributed by atoms with Crippen molar-refractivity contribution in [2.24, 2.45) is 11.7 Å². The quantitative estimate of drug-likeness (QED) is 0.820. The molecule has 1 aliphatic rings. The molecule has 1 fully saturated rings. The highest BCUT2D eigenvalue weighted by molar-refractivity contribution is 4.97. The molecule has 1 aromatic rings. The van der Waals surface area contributed by atoms with Crippen molar-refractivity contribution >= 4 is 0 Å². The summed E-state index contributed by atoms with van der Waals surface area (Å²) in [4.78, 5) is 4.59. The normalized spacial score (nSPS) is 18.6. The van der Waals surface area contributed by atoms with E-state index in [2.05, 4.69) is 17.1 Å². The maximum atomic E-state index is 5.62. The zero-order chi connectivity index (χ0) is 13.5. The van der Waals surface area contributed by atoms with Crippen molar-refractivity contribution in [3.63, 3.8) is 0 Å². The molecule has 2 rings (SSSR count). The third kappa shape index (κ3) is 4.30. The van der Waals surface area contributed by atoms with Crippen LogP contribution in [0.2, 0.25) is 0 Å². The van der Waals surface area contributed by atoms with Gasteiger partial charge in [0.1, 0.15) is 0 Å². The number of aryl methyl sites for hydroxylation is 1. The van der Waals surface area contributed by atoms with E-state index < -0.39 is 0 Å². The summed E-state index contributed by atoms with van der Waals surface area (Å²) in [5.41, 5.74) is 5.62.